The highest BCUT2D eigenvalue weighted by Crippen LogP contribution is 2.07. The van der Waals surface area contributed by atoms with E-state index in [2.05, 4.69) is 20.3 Å². The van der Waals surface area contributed by atoms with Crippen LogP contribution in [0.5, 0.6) is 0 Å². The Kier molecular flexibility index (Phi) is 4.63. The van der Waals surface area contributed by atoms with Crippen molar-refractivity contribution < 1.29 is 9.53 Å². The highest BCUT2D eigenvalue weighted by molar-refractivity contribution is 5.71. The number of nitrogens with zero attached hydrogens (tertiary/aromatic N) is 2. The van der Waals surface area contributed by atoms with Gasteiger partial charge in [0.05, 0.1) is 11.9 Å². The first kappa shape index (κ1) is 14.8. The number of H-pyrrole nitrogens is 1. The van der Waals surface area contributed by atoms with Gasteiger partial charge in [0, 0.05) is 12.7 Å². The summed E-state index contributed by atoms with van der Waals surface area (Å²) >= 11 is 0. The van der Waals surface area contributed by atoms with E-state index in [-0.39, 0.29) is 6.61 Å². The van der Waals surface area contributed by atoms with Crippen molar-refractivity contribution in [2.24, 2.45) is 0 Å². The maximum absolute atomic E-state index is 11.6. The molecule has 0 aliphatic carbocycles. The topological polar surface area (TPSA) is 79.9 Å². The summed E-state index contributed by atoms with van der Waals surface area (Å²) in [7, 11) is 0. The van der Waals surface area contributed by atoms with Gasteiger partial charge in [-0.15, -0.1) is 0 Å². The van der Waals surface area contributed by atoms with Crippen molar-refractivity contribution in [3.8, 4) is 0 Å². The molecule has 0 fully saturated rings. The summed E-state index contributed by atoms with van der Waals surface area (Å²) in [5, 5.41) is 2.65. The molecule has 0 aliphatic heterocycles. The monoisotopic (exact) mass is 308 g/mol. The molecule has 116 valence electrons. The Bertz CT molecular complexity index is 812. The van der Waals surface area contributed by atoms with Crippen LogP contribution in [0.25, 0.3) is 17.2 Å². The minimum Gasteiger partial charge on any atom is -0.445 e. The molecule has 23 heavy (non-hydrogen) atoms. The lowest BCUT2D eigenvalue weighted by atomic mass is 10.2. The van der Waals surface area contributed by atoms with E-state index < -0.39 is 6.09 Å². The number of aromatic amines is 1. The lowest BCUT2D eigenvalue weighted by molar-refractivity contribution is 0.141. The number of carbonyl (C=O) groups is 1. The molecule has 0 spiro atoms. The predicted octanol–water partition coefficient (Wildman–Crippen LogP) is 2.90. The average Bonchev–Trinajstić information content (AvgIpc) is 3.05. The van der Waals surface area contributed by atoms with Gasteiger partial charge in [0.25, 0.3) is 0 Å². The number of hydrogen-bond acceptors (Lipinski definition) is 4. The molecule has 6 nitrogen and oxygen atoms in total. The molecule has 2 aromatic heterocycles. The molecule has 0 unspecified atom stereocenters. The molecular formula is C17H16N4O2. The SMILES string of the molecule is O=C(NCC=Cc1cnc2[nH]ccc2n1)OCc1ccccc1. The molecule has 0 saturated heterocycles. The summed E-state index contributed by atoms with van der Waals surface area (Å²) in [4.78, 5) is 23.2. The molecule has 0 atom stereocenters. The smallest absolute Gasteiger partial charge is 0.407 e. The Morgan fingerprint density at radius 3 is 3.00 bits per heavy atom. The van der Waals surface area contributed by atoms with Gasteiger partial charge in [-0.25, -0.2) is 14.8 Å². The van der Waals surface area contributed by atoms with Gasteiger partial charge in [0.1, 0.15) is 12.1 Å². The third-order valence-corrected chi connectivity index (χ3v) is 3.14. The fourth-order valence-electron chi connectivity index (χ4n) is 2.02. The summed E-state index contributed by atoms with van der Waals surface area (Å²) in [6, 6.07) is 11.4. The number of hydrogen-bond donors (Lipinski definition) is 2. The quantitative estimate of drug-likeness (QED) is 0.759. The second kappa shape index (κ2) is 7.22. The Labute approximate surface area is 133 Å². The number of carbonyl (C=O) groups excluding carboxylic acids is 1. The first-order valence-electron chi connectivity index (χ1n) is 7.22. The highest BCUT2D eigenvalue weighted by Gasteiger charge is 2.00. The first-order valence-corrected chi connectivity index (χ1v) is 7.22. The Morgan fingerprint density at radius 2 is 2.13 bits per heavy atom. The molecule has 1 amide bonds. The van der Waals surface area contributed by atoms with Crippen LogP contribution < -0.4 is 5.32 Å². The zero-order valence-electron chi connectivity index (χ0n) is 12.4. The van der Waals surface area contributed by atoms with E-state index in [4.69, 9.17) is 4.74 Å². The van der Waals surface area contributed by atoms with Crippen molar-refractivity contribution in [1.82, 2.24) is 20.3 Å². The second-order valence-electron chi connectivity index (χ2n) is 4.85. The van der Waals surface area contributed by atoms with E-state index >= 15 is 0 Å². The zero-order chi connectivity index (χ0) is 15.9. The van der Waals surface area contributed by atoms with Crippen molar-refractivity contribution >= 4 is 23.3 Å². The molecule has 6 heteroatoms. The standard InChI is InChI=1S/C17H16N4O2/c22-17(23-12-13-5-2-1-3-6-13)19-9-4-7-14-11-20-16-15(21-14)8-10-18-16/h1-8,10-11H,9,12H2,(H,18,20)(H,19,22). The summed E-state index contributed by atoms with van der Waals surface area (Å²) in [5.41, 5.74) is 3.25. The normalized spacial score (nSPS) is 11.0. The largest absolute Gasteiger partial charge is 0.445 e. The summed E-state index contributed by atoms with van der Waals surface area (Å²) in [5.74, 6) is 0. The van der Waals surface area contributed by atoms with Gasteiger partial charge in [-0.05, 0) is 17.7 Å². The van der Waals surface area contributed by atoms with Crippen molar-refractivity contribution in [2.45, 2.75) is 6.61 Å². The van der Waals surface area contributed by atoms with Crippen molar-refractivity contribution in [3.05, 3.63) is 66.1 Å². The van der Waals surface area contributed by atoms with Crippen LogP contribution in [0.4, 0.5) is 4.79 Å². The molecule has 2 heterocycles. The fraction of sp³-hybridized carbons (Fsp3) is 0.118. The molecule has 1 aromatic carbocycles. The molecule has 3 aromatic rings. The Balaban J connectivity index is 1.44. The summed E-state index contributed by atoms with van der Waals surface area (Å²) in [6.07, 6.45) is 6.61. The van der Waals surface area contributed by atoms with E-state index in [1.54, 1.807) is 24.5 Å². The first-order chi connectivity index (χ1) is 11.3. The second-order valence-corrected chi connectivity index (χ2v) is 4.85. The summed E-state index contributed by atoms with van der Waals surface area (Å²) in [6.45, 7) is 0.618. The fourth-order valence-corrected chi connectivity index (χ4v) is 2.02. The van der Waals surface area contributed by atoms with Crippen LogP contribution in [0, 0.1) is 0 Å². The van der Waals surface area contributed by atoms with Gasteiger partial charge < -0.3 is 15.0 Å². The van der Waals surface area contributed by atoms with Crippen LogP contribution in [0.3, 0.4) is 0 Å². The molecular weight excluding hydrogens is 292 g/mol. The van der Waals surface area contributed by atoms with Crippen molar-refractivity contribution in [1.29, 1.82) is 0 Å². The van der Waals surface area contributed by atoms with Gasteiger partial charge in [-0.3, -0.25) is 0 Å². The number of amides is 1. The molecule has 2 N–H and O–H groups in total. The summed E-state index contributed by atoms with van der Waals surface area (Å²) < 4.78 is 5.11. The molecule has 0 saturated carbocycles. The zero-order valence-corrected chi connectivity index (χ0v) is 12.4. The average molecular weight is 308 g/mol. The van der Waals surface area contributed by atoms with E-state index in [1.165, 1.54) is 0 Å². The van der Waals surface area contributed by atoms with Gasteiger partial charge in [-0.1, -0.05) is 36.4 Å². The van der Waals surface area contributed by atoms with Crippen LogP contribution in [-0.2, 0) is 11.3 Å². The highest BCUT2D eigenvalue weighted by atomic mass is 16.5. The minimum atomic E-state index is -0.453. The molecule has 0 radical (unpaired) electrons. The predicted molar refractivity (Wildman–Crippen MR) is 87.6 cm³/mol. The van der Waals surface area contributed by atoms with E-state index in [9.17, 15) is 4.79 Å². The van der Waals surface area contributed by atoms with Crippen LogP contribution in [0.2, 0.25) is 0 Å². The Morgan fingerprint density at radius 1 is 1.26 bits per heavy atom. The van der Waals surface area contributed by atoms with Crippen molar-refractivity contribution in [3.63, 3.8) is 0 Å². The maximum atomic E-state index is 11.6. The van der Waals surface area contributed by atoms with Crippen LogP contribution in [-0.4, -0.2) is 27.6 Å². The van der Waals surface area contributed by atoms with E-state index in [0.29, 0.717) is 6.54 Å². The van der Waals surface area contributed by atoms with Gasteiger partial charge in [0.2, 0.25) is 0 Å². The van der Waals surface area contributed by atoms with Gasteiger partial charge in [0.15, 0.2) is 5.65 Å². The lowest BCUT2D eigenvalue weighted by Crippen LogP contribution is -2.24. The number of aromatic nitrogens is 3. The molecule has 0 aliphatic rings. The van der Waals surface area contributed by atoms with Crippen molar-refractivity contribution in [2.75, 3.05) is 6.54 Å². The van der Waals surface area contributed by atoms with Gasteiger partial charge in [-0.2, -0.15) is 0 Å². The van der Waals surface area contributed by atoms with Crippen LogP contribution in [0.15, 0.2) is 54.9 Å². The third-order valence-electron chi connectivity index (χ3n) is 3.14. The molecule has 0 bridgehead atoms. The number of fused-ring (bicyclic) bond motifs is 1. The minimum absolute atomic E-state index is 0.256. The molecule has 3 rings (SSSR count). The number of nitrogens with one attached hydrogen (secondary N) is 2. The third kappa shape index (κ3) is 4.16. The number of alkyl carbamates (subject to hydrolysis) is 1. The number of rotatable bonds is 5. The van der Waals surface area contributed by atoms with E-state index in [0.717, 1.165) is 22.4 Å². The van der Waals surface area contributed by atoms with Crippen LogP contribution in [0.1, 0.15) is 11.3 Å². The number of benzene rings is 1. The maximum Gasteiger partial charge on any atom is 0.407 e. The Hall–Kier alpha value is -3.15. The van der Waals surface area contributed by atoms with Gasteiger partial charge >= 0.3 is 6.09 Å². The lowest BCUT2D eigenvalue weighted by Gasteiger charge is -2.05. The van der Waals surface area contributed by atoms with E-state index in [1.807, 2.05) is 36.4 Å². The van der Waals surface area contributed by atoms with Crippen LogP contribution >= 0.6 is 0 Å². The number of ether oxygens (including phenoxy) is 1.